The molecule has 1 aromatic rings. The van der Waals surface area contributed by atoms with Crippen molar-refractivity contribution >= 4 is 17.0 Å². The molecule has 0 fully saturated rings. The van der Waals surface area contributed by atoms with Gasteiger partial charge in [0.05, 0.1) is 11.0 Å². The lowest BCUT2D eigenvalue weighted by Crippen LogP contribution is -2.31. The second kappa shape index (κ2) is 7.87. The van der Waals surface area contributed by atoms with E-state index in [9.17, 15) is 19.5 Å². The summed E-state index contributed by atoms with van der Waals surface area (Å²) in [5.74, 6) is -1.07. The van der Waals surface area contributed by atoms with E-state index in [1.54, 1.807) is 4.57 Å². The first-order chi connectivity index (χ1) is 13.3. The minimum Gasteiger partial charge on any atom is -0.479 e. The fourth-order valence-electron chi connectivity index (χ4n) is 2.95. The largest absolute Gasteiger partial charge is 0.479 e. The Morgan fingerprint density at radius 2 is 1.93 bits per heavy atom. The number of carbonyl (C=O) groups is 1. The average Bonchev–Trinajstić information content (AvgIpc) is 2.62. The van der Waals surface area contributed by atoms with Gasteiger partial charge in [0.25, 0.3) is 5.56 Å². The van der Waals surface area contributed by atoms with Crippen LogP contribution in [0.15, 0.2) is 21.7 Å². The number of nitrogens with one attached hydrogen (secondary N) is 2. The number of carboxylic acids is 1. The molecule has 0 aromatic heterocycles. The zero-order chi connectivity index (χ0) is 20.4. The minimum atomic E-state index is -1.42. The van der Waals surface area contributed by atoms with Crippen LogP contribution in [-0.2, 0) is 11.3 Å². The van der Waals surface area contributed by atoms with E-state index in [4.69, 9.17) is 5.11 Å². The van der Waals surface area contributed by atoms with Crippen molar-refractivity contribution < 1.29 is 15.0 Å². The van der Waals surface area contributed by atoms with Gasteiger partial charge in [-0.3, -0.25) is 9.78 Å². The number of hydrogen-bond acceptors (Lipinski definition) is 7. The standard InChI is InChI=1S/C18H21N5O5/c1-9-7-11-12(8-10(9)2)23(6-5-19-4-3-13(24)17(26)27)15-14(20-11)16(25)22-18(28)21-15/h7-8,13,19,24H,3-6H2,1-2H3,(H,26,27)(H,22,25,28). The predicted molar refractivity (Wildman–Crippen MR) is 102 cm³/mol. The normalized spacial score (nSPS) is 12.5. The van der Waals surface area contributed by atoms with Gasteiger partial charge in [-0.2, -0.15) is 4.98 Å². The third-order valence-electron chi connectivity index (χ3n) is 4.62. The van der Waals surface area contributed by atoms with Gasteiger partial charge >= 0.3 is 11.7 Å². The van der Waals surface area contributed by atoms with E-state index < -0.39 is 23.3 Å². The Balaban J connectivity index is 1.96. The Hall–Kier alpha value is -3.11. The lowest BCUT2D eigenvalue weighted by atomic mass is 10.1. The maximum absolute atomic E-state index is 12.2. The van der Waals surface area contributed by atoms with Crippen LogP contribution >= 0.6 is 0 Å². The minimum absolute atomic E-state index is 0.0682. The number of rotatable bonds is 7. The lowest BCUT2D eigenvalue weighted by molar-refractivity contribution is -0.146. The van der Waals surface area contributed by atoms with Crippen molar-refractivity contribution in [2.24, 2.45) is 0 Å². The Morgan fingerprint density at radius 1 is 1.21 bits per heavy atom. The van der Waals surface area contributed by atoms with Crippen LogP contribution in [0.5, 0.6) is 0 Å². The molecule has 10 nitrogen and oxygen atoms in total. The number of benzene rings is 1. The second-order valence-electron chi connectivity index (χ2n) is 6.62. The van der Waals surface area contributed by atoms with Crippen molar-refractivity contribution in [3.05, 3.63) is 44.1 Å². The number of aromatic nitrogens is 4. The fraction of sp³-hybridized carbons (Fsp3) is 0.389. The molecule has 0 amide bonds. The van der Waals surface area contributed by atoms with E-state index in [-0.39, 0.29) is 17.9 Å². The Morgan fingerprint density at radius 3 is 2.64 bits per heavy atom. The molecule has 0 bridgehead atoms. The maximum atomic E-state index is 12.2. The molecule has 1 atom stereocenters. The number of aliphatic hydroxyl groups excluding tert-OH is 1. The Kier molecular flexibility index (Phi) is 5.52. The summed E-state index contributed by atoms with van der Waals surface area (Å²) in [6, 6.07) is 3.81. The molecule has 0 saturated heterocycles. The van der Waals surface area contributed by atoms with Crippen molar-refractivity contribution in [3.8, 4) is 11.5 Å². The highest BCUT2D eigenvalue weighted by molar-refractivity contribution is 5.81. The fourth-order valence-corrected chi connectivity index (χ4v) is 2.95. The number of aliphatic hydroxyl groups is 1. The number of aliphatic carboxylic acids is 1. The van der Waals surface area contributed by atoms with Gasteiger partial charge in [-0.25, -0.2) is 14.6 Å². The molecule has 2 heterocycles. The number of aryl methyl sites for hydroxylation is 2. The van der Waals surface area contributed by atoms with Crippen molar-refractivity contribution in [3.63, 3.8) is 0 Å². The summed E-state index contributed by atoms with van der Waals surface area (Å²) in [5, 5.41) is 21.0. The molecule has 2 aliphatic rings. The van der Waals surface area contributed by atoms with Crippen LogP contribution in [0.4, 0.5) is 0 Å². The van der Waals surface area contributed by atoms with Gasteiger partial charge in [0, 0.05) is 13.1 Å². The molecule has 1 aromatic carbocycles. The highest BCUT2D eigenvalue weighted by Gasteiger charge is 2.19. The maximum Gasteiger partial charge on any atom is 0.349 e. The van der Waals surface area contributed by atoms with E-state index >= 15 is 0 Å². The third-order valence-corrected chi connectivity index (χ3v) is 4.62. The van der Waals surface area contributed by atoms with Crippen molar-refractivity contribution in [2.45, 2.75) is 32.9 Å². The molecule has 10 heteroatoms. The summed E-state index contributed by atoms with van der Waals surface area (Å²) in [6.07, 6.45) is -1.35. The number of aromatic amines is 1. The van der Waals surface area contributed by atoms with Crippen LogP contribution in [0.2, 0.25) is 0 Å². The van der Waals surface area contributed by atoms with Gasteiger partial charge in [0.2, 0.25) is 0 Å². The van der Waals surface area contributed by atoms with Crippen molar-refractivity contribution in [2.75, 3.05) is 13.1 Å². The van der Waals surface area contributed by atoms with E-state index in [2.05, 4.69) is 20.3 Å². The monoisotopic (exact) mass is 387 g/mol. The quantitative estimate of drug-likeness (QED) is 0.317. The zero-order valence-electron chi connectivity index (χ0n) is 15.5. The second-order valence-corrected chi connectivity index (χ2v) is 6.62. The molecule has 0 aliphatic carbocycles. The van der Waals surface area contributed by atoms with Gasteiger partial charge < -0.3 is 20.1 Å². The highest BCUT2D eigenvalue weighted by Crippen LogP contribution is 2.23. The zero-order valence-corrected chi connectivity index (χ0v) is 15.5. The number of carboxylic acid groups (broad SMARTS) is 1. The molecule has 0 radical (unpaired) electrons. The molecular weight excluding hydrogens is 366 g/mol. The summed E-state index contributed by atoms with van der Waals surface area (Å²) < 4.78 is 1.75. The van der Waals surface area contributed by atoms with E-state index in [1.807, 2.05) is 26.0 Å². The van der Waals surface area contributed by atoms with Gasteiger partial charge in [0.1, 0.15) is 0 Å². The van der Waals surface area contributed by atoms with Crippen molar-refractivity contribution in [1.82, 2.24) is 24.8 Å². The molecule has 148 valence electrons. The van der Waals surface area contributed by atoms with Gasteiger partial charge in [-0.05, 0) is 50.1 Å². The summed E-state index contributed by atoms with van der Waals surface area (Å²) in [6.45, 7) is 4.99. The summed E-state index contributed by atoms with van der Waals surface area (Å²) in [4.78, 5) is 45.0. The van der Waals surface area contributed by atoms with Crippen LogP contribution in [-0.4, -0.2) is 54.9 Å². The van der Waals surface area contributed by atoms with Crippen LogP contribution in [0, 0.1) is 13.8 Å². The van der Waals surface area contributed by atoms with Crippen LogP contribution in [0.1, 0.15) is 17.5 Å². The first-order valence-corrected chi connectivity index (χ1v) is 8.81. The molecular formula is C18H21N5O5. The molecule has 28 heavy (non-hydrogen) atoms. The molecule has 0 saturated carbocycles. The molecule has 4 N–H and O–H groups in total. The predicted octanol–water partition coefficient (Wildman–Crippen LogP) is -0.373. The molecule has 1 unspecified atom stereocenters. The highest BCUT2D eigenvalue weighted by atomic mass is 16.4. The molecule has 2 aliphatic heterocycles. The van der Waals surface area contributed by atoms with Crippen LogP contribution < -0.4 is 16.6 Å². The van der Waals surface area contributed by atoms with E-state index in [0.717, 1.165) is 16.6 Å². The van der Waals surface area contributed by atoms with E-state index in [0.29, 0.717) is 25.2 Å². The SMILES string of the molecule is Cc1cc2nc3c(=O)[nH]c(=O)nc-3n(CCNCCC(O)C(=O)O)c2cc1C. The van der Waals surface area contributed by atoms with E-state index in [1.165, 1.54) is 0 Å². The van der Waals surface area contributed by atoms with Crippen LogP contribution in [0.25, 0.3) is 22.6 Å². The van der Waals surface area contributed by atoms with Gasteiger partial charge in [-0.1, -0.05) is 0 Å². The number of nitrogens with zero attached hydrogens (tertiary/aromatic N) is 3. The molecule has 0 spiro atoms. The Labute approximate surface area is 159 Å². The van der Waals surface area contributed by atoms with Crippen molar-refractivity contribution in [1.29, 1.82) is 0 Å². The summed E-state index contributed by atoms with van der Waals surface area (Å²) in [5.41, 5.74) is 2.15. The average molecular weight is 387 g/mol. The Bertz CT molecular complexity index is 1120. The number of H-pyrrole nitrogens is 1. The molecule has 3 rings (SSSR count). The smallest absolute Gasteiger partial charge is 0.349 e. The first-order valence-electron chi connectivity index (χ1n) is 8.81. The summed E-state index contributed by atoms with van der Waals surface area (Å²) in [7, 11) is 0. The number of fused-ring (bicyclic) bond motifs is 2. The number of hydrogen-bond donors (Lipinski definition) is 4. The third kappa shape index (κ3) is 3.92. The topological polar surface area (TPSA) is 150 Å². The van der Waals surface area contributed by atoms with Gasteiger partial charge in [-0.15, -0.1) is 0 Å². The first kappa shape index (κ1) is 19.6. The van der Waals surface area contributed by atoms with Crippen LogP contribution in [0.3, 0.4) is 0 Å². The van der Waals surface area contributed by atoms with Gasteiger partial charge in [0.15, 0.2) is 17.6 Å². The summed E-state index contributed by atoms with van der Waals surface area (Å²) >= 11 is 0. The lowest BCUT2D eigenvalue weighted by Gasteiger charge is -2.18.